The summed E-state index contributed by atoms with van der Waals surface area (Å²) in [5.74, 6) is 0. The van der Waals surface area contributed by atoms with E-state index in [4.69, 9.17) is 0 Å². The predicted octanol–water partition coefficient (Wildman–Crippen LogP) is 2.85. The van der Waals surface area contributed by atoms with Gasteiger partial charge in [-0.3, -0.25) is 0 Å². The van der Waals surface area contributed by atoms with E-state index in [0.29, 0.717) is 0 Å². The Hall–Kier alpha value is -0.380. The molecule has 0 radical (unpaired) electrons. The summed E-state index contributed by atoms with van der Waals surface area (Å²) in [6, 6.07) is 6.42. The molecule has 1 aromatic carbocycles. The van der Waals surface area contributed by atoms with Gasteiger partial charge in [-0.2, -0.15) is 0 Å². The molecule has 0 fully saturated rings. The van der Waals surface area contributed by atoms with Crippen LogP contribution in [0.3, 0.4) is 0 Å². The highest BCUT2D eigenvalue weighted by Crippen LogP contribution is 2.15. The largest absolute Gasteiger partial charge is 0.315 e. The van der Waals surface area contributed by atoms with Crippen molar-refractivity contribution in [3.05, 3.63) is 33.8 Å². The normalized spacial score (nSPS) is 10.7. The molecule has 0 atom stereocenters. The molecule has 0 saturated carbocycles. The maximum absolute atomic E-state index is 3.50. The van der Waals surface area contributed by atoms with Crippen molar-refractivity contribution >= 4 is 15.9 Å². The van der Waals surface area contributed by atoms with Crippen molar-refractivity contribution in [3.63, 3.8) is 0 Å². The average Bonchev–Trinajstić information content (AvgIpc) is 2.28. The van der Waals surface area contributed by atoms with Gasteiger partial charge >= 0.3 is 0 Å². The summed E-state index contributed by atoms with van der Waals surface area (Å²) in [6.45, 7) is 8.45. The maximum atomic E-state index is 3.50. The number of nitrogens with one attached hydrogen (secondary N) is 2. The fraction of sp³-hybridized carbons (Fsp3) is 0.538. The van der Waals surface area contributed by atoms with Crippen molar-refractivity contribution in [2.45, 2.75) is 26.8 Å². The number of rotatable bonds is 7. The Bertz CT molecular complexity index is 313. The van der Waals surface area contributed by atoms with Crippen LogP contribution in [0, 0.1) is 6.92 Å². The fourth-order valence-electron chi connectivity index (χ4n) is 1.53. The Kier molecular flexibility index (Phi) is 6.69. The zero-order valence-corrected chi connectivity index (χ0v) is 11.7. The molecule has 0 amide bonds. The van der Waals surface area contributed by atoms with Crippen molar-refractivity contribution in [1.29, 1.82) is 0 Å². The van der Waals surface area contributed by atoms with E-state index in [9.17, 15) is 0 Å². The molecule has 2 nitrogen and oxygen atoms in total. The third kappa shape index (κ3) is 5.10. The van der Waals surface area contributed by atoms with Crippen LogP contribution in [0.1, 0.15) is 24.5 Å². The highest BCUT2D eigenvalue weighted by molar-refractivity contribution is 9.10. The van der Waals surface area contributed by atoms with Gasteiger partial charge in [-0.1, -0.05) is 28.9 Å². The summed E-state index contributed by atoms with van der Waals surface area (Å²) < 4.78 is 1.15. The average molecular weight is 285 g/mol. The lowest BCUT2D eigenvalue weighted by Crippen LogP contribution is -2.27. The van der Waals surface area contributed by atoms with Gasteiger partial charge in [0.25, 0.3) is 0 Å². The molecule has 16 heavy (non-hydrogen) atoms. The van der Waals surface area contributed by atoms with Crippen LogP contribution in [-0.2, 0) is 6.54 Å². The Labute approximate surface area is 107 Å². The quantitative estimate of drug-likeness (QED) is 0.753. The highest BCUT2D eigenvalue weighted by atomic mass is 79.9. The van der Waals surface area contributed by atoms with E-state index in [1.54, 1.807) is 0 Å². The van der Waals surface area contributed by atoms with Crippen LogP contribution < -0.4 is 10.6 Å². The van der Waals surface area contributed by atoms with Crippen LogP contribution in [0.2, 0.25) is 0 Å². The van der Waals surface area contributed by atoms with E-state index in [-0.39, 0.29) is 0 Å². The first kappa shape index (κ1) is 13.7. The van der Waals surface area contributed by atoms with E-state index in [2.05, 4.69) is 58.6 Å². The summed E-state index contributed by atoms with van der Waals surface area (Å²) >= 11 is 3.50. The van der Waals surface area contributed by atoms with Crippen LogP contribution in [0.15, 0.2) is 22.7 Å². The van der Waals surface area contributed by atoms with E-state index >= 15 is 0 Å². The number of aryl methyl sites for hydroxylation is 1. The minimum atomic E-state index is 0.944. The van der Waals surface area contributed by atoms with Gasteiger partial charge in [-0.25, -0.2) is 0 Å². The molecule has 90 valence electrons. The zero-order chi connectivity index (χ0) is 11.8. The molecule has 3 heteroatoms. The summed E-state index contributed by atoms with van der Waals surface area (Å²) in [4.78, 5) is 0. The number of hydrogen-bond donors (Lipinski definition) is 2. The first-order valence-electron chi connectivity index (χ1n) is 5.90. The Balaban J connectivity index is 2.23. The number of halogens is 1. The minimum Gasteiger partial charge on any atom is -0.315 e. The van der Waals surface area contributed by atoms with E-state index in [0.717, 1.165) is 30.7 Å². The van der Waals surface area contributed by atoms with Crippen LogP contribution in [0.4, 0.5) is 0 Å². The summed E-state index contributed by atoms with van der Waals surface area (Å²) in [5.41, 5.74) is 2.71. The Morgan fingerprint density at radius 2 is 1.88 bits per heavy atom. The first-order valence-corrected chi connectivity index (χ1v) is 6.69. The lowest BCUT2D eigenvalue weighted by molar-refractivity contribution is 0.606. The molecule has 0 spiro atoms. The molecule has 1 aromatic rings. The van der Waals surface area contributed by atoms with Gasteiger partial charge in [0, 0.05) is 24.1 Å². The van der Waals surface area contributed by atoms with E-state index < -0.39 is 0 Å². The lowest BCUT2D eigenvalue weighted by Gasteiger charge is -2.08. The molecular formula is C13H21BrN2. The van der Waals surface area contributed by atoms with Gasteiger partial charge in [0.15, 0.2) is 0 Å². The molecule has 0 aliphatic heterocycles. The van der Waals surface area contributed by atoms with Crippen LogP contribution >= 0.6 is 15.9 Å². The Morgan fingerprint density at radius 1 is 1.12 bits per heavy atom. The molecule has 2 N–H and O–H groups in total. The first-order chi connectivity index (χ1) is 7.74. The van der Waals surface area contributed by atoms with Crippen molar-refractivity contribution in [2.75, 3.05) is 19.6 Å². The molecule has 1 rings (SSSR count). The SMILES string of the molecule is CCCNCCNCc1cc(Br)ccc1C. The van der Waals surface area contributed by atoms with Crippen molar-refractivity contribution < 1.29 is 0 Å². The van der Waals surface area contributed by atoms with Crippen molar-refractivity contribution in [3.8, 4) is 0 Å². The summed E-state index contributed by atoms with van der Waals surface area (Å²) in [7, 11) is 0. The third-order valence-corrected chi connectivity index (χ3v) is 3.03. The molecule has 0 aliphatic carbocycles. The van der Waals surface area contributed by atoms with Crippen LogP contribution in [0.5, 0.6) is 0 Å². The maximum Gasteiger partial charge on any atom is 0.0209 e. The van der Waals surface area contributed by atoms with Crippen LogP contribution in [-0.4, -0.2) is 19.6 Å². The second-order valence-electron chi connectivity index (χ2n) is 4.00. The number of benzene rings is 1. The second-order valence-corrected chi connectivity index (χ2v) is 4.91. The number of hydrogen-bond acceptors (Lipinski definition) is 2. The standard InChI is InChI=1S/C13H21BrN2/c1-3-6-15-7-8-16-10-12-9-13(14)5-4-11(12)2/h4-5,9,15-16H,3,6-8,10H2,1-2H3. The summed E-state index contributed by atoms with van der Waals surface area (Å²) in [5, 5.41) is 6.82. The van der Waals surface area contributed by atoms with Gasteiger partial charge in [0.05, 0.1) is 0 Å². The minimum absolute atomic E-state index is 0.944. The lowest BCUT2D eigenvalue weighted by atomic mass is 10.1. The van der Waals surface area contributed by atoms with Gasteiger partial charge < -0.3 is 10.6 Å². The third-order valence-electron chi connectivity index (χ3n) is 2.53. The van der Waals surface area contributed by atoms with Crippen molar-refractivity contribution in [1.82, 2.24) is 10.6 Å². The van der Waals surface area contributed by atoms with Gasteiger partial charge in [-0.15, -0.1) is 0 Å². The molecule has 0 aromatic heterocycles. The van der Waals surface area contributed by atoms with Gasteiger partial charge in [0.1, 0.15) is 0 Å². The molecule has 0 aliphatic rings. The van der Waals surface area contributed by atoms with Gasteiger partial charge in [-0.05, 0) is 43.1 Å². The highest BCUT2D eigenvalue weighted by Gasteiger charge is 1.98. The zero-order valence-electron chi connectivity index (χ0n) is 10.1. The van der Waals surface area contributed by atoms with Crippen molar-refractivity contribution in [2.24, 2.45) is 0 Å². The second kappa shape index (κ2) is 7.82. The van der Waals surface area contributed by atoms with Gasteiger partial charge in [0.2, 0.25) is 0 Å². The van der Waals surface area contributed by atoms with Crippen LogP contribution in [0.25, 0.3) is 0 Å². The molecule has 0 heterocycles. The Morgan fingerprint density at radius 3 is 2.62 bits per heavy atom. The smallest absolute Gasteiger partial charge is 0.0209 e. The van der Waals surface area contributed by atoms with E-state index in [1.165, 1.54) is 17.5 Å². The fourth-order valence-corrected chi connectivity index (χ4v) is 1.94. The molecule has 0 unspecified atom stereocenters. The van der Waals surface area contributed by atoms with E-state index in [1.807, 2.05) is 0 Å². The molecule has 0 bridgehead atoms. The predicted molar refractivity (Wildman–Crippen MR) is 73.7 cm³/mol. The molecular weight excluding hydrogens is 264 g/mol. The topological polar surface area (TPSA) is 24.1 Å². The summed E-state index contributed by atoms with van der Waals surface area (Å²) in [6.07, 6.45) is 1.20. The molecule has 0 saturated heterocycles. The monoisotopic (exact) mass is 284 g/mol.